The molecular formula is C18H16N4O7. The average molecular weight is 400 g/mol. The minimum Gasteiger partial charge on any atom is -0.481 e. The number of carboxylic acid groups (broad SMARTS) is 1. The summed E-state index contributed by atoms with van der Waals surface area (Å²) in [5, 5.41) is 31.0. The molecule has 1 amide bonds. The van der Waals surface area contributed by atoms with Crippen LogP contribution in [0.15, 0.2) is 42.5 Å². The van der Waals surface area contributed by atoms with E-state index in [1.807, 2.05) is 0 Å². The summed E-state index contributed by atoms with van der Waals surface area (Å²) in [5.41, 5.74) is 0.693. The molecule has 150 valence electrons. The SMILES string of the molecule is O=C(O)CCN1CCN(c2ccc([N+](=O)[O-])cc2)c2ccc([N+](=O)[O-])cc2C1=O. The molecule has 0 unspecified atom stereocenters. The molecule has 0 bridgehead atoms. The Morgan fingerprint density at radius 3 is 2.21 bits per heavy atom. The summed E-state index contributed by atoms with van der Waals surface area (Å²) in [7, 11) is 0. The van der Waals surface area contributed by atoms with Crippen LogP contribution in [-0.2, 0) is 4.79 Å². The Balaban J connectivity index is 2.04. The van der Waals surface area contributed by atoms with Crippen LogP contribution in [0.3, 0.4) is 0 Å². The highest BCUT2D eigenvalue weighted by Gasteiger charge is 2.29. The zero-order valence-corrected chi connectivity index (χ0v) is 15.1. The number of nitro groups is 2. The van der Waals surface area contributed by atoms with E-state index in [0.29, 0.717) is 11.4 Å². The third-order valence-electron chi connectivity index (χ3n) is 4.56. The van der Waals surface area contributed by atoms with Crippen molar-refractivity contribution in [2.24, 2.45) is 0 Å². The maximum Gasteiger partial charge on any atom is 0.305 e. The smallest absolute Gasteiger partial charge is 0.305 e. The summed E-state index contributed by atoms with van der Waals surface area (Å²) >= 11 is 0. The van der Waals surface area contributed by atoms with Gasteiger partial charge in [0.25, 0.3) is 17.3 Å². The monoisotopic (exact) mass is 400 g/mol. The number of nitrogens with zero attached hydrogens (tertiary/aromatic N) is 4. The minimum absolute atomic E-state index is 0.0373. The van der Waals surface area contributed by atoms with Crippen LogP contribution < -0.4 is 4.90 Å². The van der Waals surface area contributed by atoms with E-state index in [1.54, 1.807) is 4.90 Å². The van der Waals surface area contributed by atoms with Gasteiger partial charge in [0.2, 0.25) is 0 Å². The normalized spacial score (nSPS) is 13.6. The van der Waals surface area contributed by atoms with Crippen molar-refractivity contribution in [1.82, 2.24) is 4.90 Å². The number of aliphatic carboxylic acids is 1. The van der Waals surface area contributed by atoms with Crippen molar-refractivity contribution in [1.29, 1.82) is 0 Å². The average Bonchev–Trinajstić information content (AvgIpc) is 2.83. The number of amides is 1. The maximum atomic E-state index is 12.9. The molecule has 0 fully saturated rings. The second-order valence-electron chi connectivity index (χ2n) is 6.32. The third kappa shape index (κ3) is 4.13. The van der Waals surface area contributed by atoms with Crippen LogP contribution in [0.1, 0.15) is 16.8 Å². The number of fused-ring (bicyclic) bond motifs is 1. The van der Waals surface area contributed by atoms with Crippen LogP contribution in [0.2, 0.25) is 0 Å². The molecular weight excluding hydrogens is 384 g/mol. The lowest BCUT2D eigenvalue weighted by molar-refractivity contribution is -0.385. The number of anilines is 2. The summed E-state index contributed by atoms with van der Waals surface area (Å²) < 4.78 is 0. The van der Waals surface area contributed by atoms with Gasteiger partial charge >= 0.3 is 5.97 Å². The lowest BCUT2D eigenvalue weighted by atomic mass is 10.1. The van der Waals surface area contributed by atoms with Gasteiger partial charge in [0.15, 0.2) is 0 Å². The van der Waals surface area contributed by atoms with Gasteiger partial charge in [-0.25, -0.2) is 0 Å². The second-order valence-corrected chi connectivity index (χ2v) is 6.32. The van der Waals surface area contributed by atoms with Crippen molar-refractivity contribution < 1.29 is 24.5 Å². The fraction of sp³-hybridized carbons (Fsp3) is 0.222. The minimum atomic E-state index is -1.06. The van der Waals surface area contributed by atoms with Crippen LogP contribution in [0.4, 0.5) is 22.7 Å². The van der Waals surface area contributed by atoms with Crippen LogP contribution in [0.5, 0.6) is 0 Å². The first-order chi connectivity index (χ1) is 13.8. The summed E-state index contributed by atoms with van der Waals surface area (Å²) in [6.07, 6.45) is -0.256. The van der Waals surface area contributed by atoms with E-state index >= 15 is 0 Å². The zero-order valence-electron chi connectivity index (χ0n) is 15.1. The van der Waals surface area contributed by atoms with Gasteiger partial charge in [-0.3, -0.25) is 29.8 Å². The molecule has 1 aliphatic heterocycles. The molecule has 0 spiro atoms. The molecule has 1 heterocycles. The second kappa shape index (κ2) is 7.92. The van der Waals surface area contributed by atoms with Crippen LogP contribution >= 0.6 is 0 Å². The number of benzene rings is 2. The van der Waals surface area contributed by atoms with Gasteiger partial charge in [0, 0.05) is 49.6 Å². The van der Waals surface area contributed by atoms with Crippen LogP contribution in [0, 0.1) is 20.2 Å². The van der Waals surface area contributed by atoms with E-state index in [1.165, 1.54) is 41.3 Å². The molecule has 1 N–H and O–H groups in total. The van der Waals surface area contributed by atoms with E-state index < -0.39 is 21.7 Å². The molecule has 1 aliphatic rings. The van der Waals surface area contributed by atoms with Crippen molar-refractivity contribution in [2.45, 2.75) is 6.42 Å². The molecule has 0 radical (unpaired) electrons. The summed E-state index contributed by atoms with van der Waals surface area (Å²) in [4.78, 5) is 47.8. The maximum absolute atomic E-state index is 12.9. The standard InChI is InChI=1S/C18H16N4O7/c23-17(24)7-8-19-9-10-20(12-1-3-13(4-2-12)21(26)27)16-6-5-14(22(28)29)11-15(16)18(19)25/h1-6,11H,7-10H2,(H,23,24). The largest absolute Gasteiger partial charge is 0.481 e. The molecule has 2 aromatic carbocycles. The van der Waals surface area contributed by atoms with E-state index in [4.69, 9.17) is 5.11 Å². The Morgan fingerprint density at radius 2 is 1.62 bits per heavy atom. The molecule has 29 heavy (non-hydrogen) atoms. The molecule has 0 aliphatic carbocycles. The highest BCUT2D eigenvalue weighted by Crippen LogP contribution is 2.34. The number of rotatable bonds is 6. The van der Waals surface area contributed by atoms with E-state index in [2.05, 4.69) is 0 Å². The fourth-order valence-corrected chi connectivity index (χ4v) is 3.12. The first kappa shape index (κ1) is 19.7. The quantitative estimate of drug-likeness (QED) is 0.575. The lowest BCUT2D eigenvalue weighted by Gasteiger charge is -2.24. The van der Waals surface area contributed by atoms with Crippen LogP contribution in [0.25, 0.3) is 0 Å². The van der Waals surface area contributed by atoms with Gasteiger partial charge in [-0.05, 0) is 18.2 Å². The summed E-state index contributed by atoms with van der Waals surface area (Å²) in [6.45, 7) is 0.434. The predicted octanol–water partition coefficient (Wildman–Crippen LogP) is 2.57. The number of carboxylic acids is 1. The Kier molecular flexibility index (Phi) is 5.39. The van der Waals surface area contributed by atoms with E-state index in [0.717, 1.165) is 6.07 Å². The van der Waals surface area contributed by atoms with Gasteiger partial charge in [-0.15, -0.1) is 0 Å². The molecule has 3 rings (SSSR count). The van der Waals surface area contributed by atoms with E-state index in [-0.39, 0.29) is 43.0 Å². The Morgan fingerprint density at radius 1 is 1.00 bits per heavy atom. The highest BCUT2D eigenvalue weighted by molar-refractivity contribution is 6.02. The van der Waals surface area contributed by atoms with Gasteiger partial charge in [0.05, 0.1) is 27.5 Å². The number of carbonyl (C=O) groups is 2. The fourth-order valence-electron chi connectivity index (χ4n) is 3.12. The van der Waals surface area contributed by atoms with Crippen molar-refractivity contribution in [3.05, 3.63) is 68.3 Å². The van der Waals surface area contributed by atoms with Crippen LogP contribution in [-0.4, -0.2) is 51.4 Å². The van der Waals surface area contributed by atoms with Crippen molar-refractivity contribution >= 4 is 34.6 Å². The molecule has 0 atom stereocenters. The Labute approximate surface area is 164 Å². The molecule has 0 aromatic heterocycles. The van der Waals surface area contributed by atoms with Gasteiger partial charge in [0.1, 0.15) is 0 Å². The van der Waals surface area contributed by atoms with Gasteiger partial charge < -0.3 is 14.9 Å². The number of hydrogen-bond acceptors (Lipinski definition) is 7. The lowest BCUT2D eigenvalue weighted by Crippen LogP contribution is -2.35. The van der Waals surface area contributed by atoms with Crippen molar-refractivity contribution in [3.8, 4) is 0 Å². The Bertz CT molecular complexity index is 990. The first-order valence-electron chi connectivity index (χ1n) is 8.59. The number of carbonyl (C=O) groups excluding carboxylic acids is 1. The zero-order chi connectivity index (χ0) is 21.1. The third-order valence-corrected chi connectivity index (χ3v) is 4.56. The predicted molar refractivity (Wildman–Crippen MR) is 101 cm³/mol. The molecule has 11 nitrogen and oxygen atoms in total. The van der Waals surface area contributed by atoms with Gasteiger partial charge in [-0.2, -0.15) is 0 Å². The van der Waals surface area contributed by atoms with Crippen molar-refractivity contribution in [2.75, 3.05) is 24.5 Å². The summed E-state index contributed by atoms with van der Waals surface area (Å²) in [5.74, 6) is -1.57. The number of non-ortho nitro benzene ring substituents is 2. The van der Waals surface area contributed by atoms with E-state index in [9.17, 15) is 29.8 Å². The number of hydrogen-bond donors (Lipinski definition) is 1. The summed E-state index contributed by atoms with van der Waals surface area (Å²) in [6, 6.07) is 9.60. The topological polar surface area (TPSA) is 147 Å². The molecule has 0 saturated carbocycles. The molecule has 2 aromatic rings. The highest BCUT2D eigenvalue weighted by atomic mass is 16.6. The number of nitro benzene ring substituents is 2. The molecule has 0 saturated heterocycles. The first-order valence-corrected chi connectivity index (χ1v) is 8.59. The van der Waals surface area contributed by atoms with Gasteiger partial charge in [-0.1, -0.05) is 0 Å². The Hall–Kier alpha value is -4.02. The van der Waals surface area contributed by atoms with Crippen molar-refractivity contribution in [3.63, 3.8) is 0 Å². The molecule has 11 heteroatoms.